The van der Waals surface area contributed by atoms with Gasteiger partial charge in [-0.15, -0.1) is 0 Å². The number of hydrogen-bond donors (Lipinski definition) is 2. The second-order valence-electron chi connectivity index (χ2n) is 8.06. The van der Waals surface area contributed by atoms with Gasteiger partial charge in [0.1, 0.15) is 0 Å². The number of rotatable bonds is 9. The number of hydrogen-bond acceptors (Lipinski definition) is 2. The maximum atomic E-state index is 7.00. The third kappa shape index (κ3) is 8.38. The number of unbranched alkanes of at least 4 members (excludes halogenated alkanes) is 2. The fourth-order valence-electron chi connectivity index (χ4n) is 4.24. The van der Waals surface area contributed by atoms with Gasteiger partial charge in [0.05, 0.1) is 0 Å². The molecule has 0 unspecified atom stereocenters. The molecule has 0 amide bonds. The molecule has 2 aliphatic rings. The van der Waals surface area contributed by atoms with Crippen LogP contribution in [-0.2, 0) is 20.9 Å². The van der Waals surface area contributed by atoms with E-state index < -0.39 is 26.8 Å². The summed E-state index contributed by atoms with van der Waals surface area (Å²) >= 11 is -1.57. The second kappa shape index (κ2) is 15.8. The van der Waals surface area contributed by atoms with Crippen molar-refractivity contribution in [2.75, 3.05) is 14.2 Å². The van der Waals surface area contributed by atoms with Gasteiger partial charge in [0, 0.05) is 14.2 Å². The molecule has 0 atom stereocenters. The molecule has 0 aromatic heterocycles. The van der Waals surface area contributed by atoms with Crippen molar-refractivity contribution >= 4 is 5.92 Å². The van der Waals surface area contributed by atoms with Crippen molar-refractivity contribution in [3.05, 3.63) is 41.0 Å². The van der Waals surface area contributed by atoms with Crippen molar-refractivity contribution in [1.82, 2.24) is 0 Å². The quantitative estimate of drug-likeness (QED) is 0.372. The summed E-state index contributed by atoms with van der Waals surface area (Å²) in [6, 6.07) is 0. The number of aliphatic hydroxyl groups is 2. The molecular weight excluding hydrogens is 440 g/mol. The van der Waals surface area contributed by atoms with E-state index in [-0.39, 0.29) is 0 Å². The summed E-state index contributed by atoms with van der Waals surface area (Å²) in [5.74, 6) is -0.563. The molecule has 4 heteroatoms. The predicted molar refractivity (Wildman–Crippen MR) is 125 cm³/mol. The van der Waals surface area contributed by atoms with Gasteiger partial charge in [-0.1, -0.05) is 0 Å². The summed E-state index contributed by atoms with van der Waals surface area (Å²) in [6.45, 7) is 14.8. The van der Waals surface area contributed by atoms with Crippen LogP contribution in [0.15, 0.2) is 41.0 Å². The van der Waals surface area contributed by atoms with Crippen LogP contribution < -0.4 is 0 Å². The first-order valence-electron chi connectivity index (χ1n) is 11.0. The molecule has 0 fully saturated rings. The third-order valence-corrected chi connectivity index (χ3v) is 25.3. The first-order valence-corrected chi connectivity index (χ1v) is 20.6. The molecule has 0 radical (unpaired) electrons. The Kier molecular flexibility index (Phi) is 15.8. The normalized spacial score (nSPS) is 15.8. The fourth-order valence-corrected chi connectivity index (χ4v) is 25.2. The van der Waals surface area contributed by atoms with Gasteiger partial charge in [-0.05, 0) is 0 Å². The van der Waals surface area contributed by atoms with Crippen molar-refractivity contribution in [2.45, 2.75) is 92.2 Å². The Hall–Kier alpha value is -0.0200. The molecule has 28 heavy (non-hydrogen) atoms. The molecule has 0 spiro atoms. The first kappa shape index (κ1) is 28.0. The van der Waals surface area contributed by atoms with E-state index in [0.29, 0.717) is 0 Å². The van der Waals surface area contributed by atoms with E-state index in [0.717, 1.165) is 14.2 Å². The summed E-state index contributed by atoms with van der Waals surface area (Å²) in [7, 11) is 2.00. The minimum absolute atomic E-state index is 0.563. The number of allylic oxidation sites excluding steroid dienone is 8. The zero-order valence-corrected chi connectivity index (χ0v) is 23.4. The summed E-state index contributed by atoms with van der Waals surface area (Å²) in [4.78, 5) is 0. The zero-order chi connectivity index (χ0) is 21.7. The molecule has 0 saturated heterocycles. The molecule has 0 aliphatic heterocycles. The Morgan fingerprint density at radius 2 is 1.14 bits per heavy atom. The summed E-state index contributed by atoms with van der Waals surface area (Å²) in [5, 5.41) is 14.0. The van der Waals surface area contributed by atoms with E-state index in [2.05, 4.69) is 52.9 Å². The van der Waals surface area contributed by atoms with Crippen LogP contribution in [0, 0.1) is 0 Å². The molecule has 2 N–H and O–H groups in total. The molecule has 0 heterocycles. The maximum Gasteiger partial charge on any atom is 0.0319 e. The molecule has 0 bridgehead atoms. The second-order valence-corrected chi connectivity index (χ2v) is 27.3. The molecule has 0 saturated carbocycles. The topological polar surface area (TPSA) is 40.5 Å². The van der Waals surface area contributed by atoms with Gasteiger partial charge in [0.25, 0.3) is 0 Å². The van der Waals surface area contributed by atoms with E-state index in [1.165, 1.54) is 51.4 Å². The van der Waals surface area contributed by atoms with Gasteiger partial charge in [-0.25, -0.2) is 0 Å². The summed E-state index contributed by atoms with van der Waals surface area (Å²) in [6.07, 6.45) is 15.9. The van der Waals surface area contributed by atoms with Crippen molar-refractivity contribution in [2.24, 2.45) is 0 Å². The van der Waals surface area contributed by atoms with E-state index in [4.69, 9.17) is 10.2 Å². The molecule has 0 aromatic carbocycles. The van der Waals surface area contributed by atoms with Crippen LogP contribution in [0.5, 0.6) is 0 Å². The van der Waals surface area contributed by atoms with Crippen molar-refractivity contribution in [3.8, 4) is 0 Å². The van der Waals surface area contributed by atoms with E-state index in [1.54, 1.807) is 22.3 Å². The van der Waals surface area contributed by atoms with Gasteiger partial charge >= 0.3 is 160 Å². The maximum absolute atomic E-state index is 7.00. The zero-order valence-electron chi connectivity index (χ0n) is 19.8. The van der Waals surface area contributed by atoms with E-state index in [9.17, 15) is 0 Å². The van der Waals surface area contributed by atoms with Crippen molar-refractivity contribution in [1.29, 1.82) is 0 Å². The number of aliphatic hydroxyl groups excluding tert-OH is 2. The average Bonchev–Trinajstić information content (AvgIpc) is 3.24. The van der Waals surface area contributed by atoms with Crippen LogP contribution in [0.1, 0.15) is 79.1 Å². The van der Waals surface area contributed by atoms with Crippen LogP contribution in [0.4, 0.5) is 0 Å². The average molecular weight is 485 g/mol. The van der Waals surface area contributed by atoms with Gasteiger partial charge in [-0.2, -0.15) is 0 Å². The molecule has 0 aromatic rings. The molecule has 2 nitrogen and oxygen atoms in total. The van der Waals surface area contributed by atoms with Crippen LogP contribution in [0.3, 0.4) is 0 Å². The Labute approximate surface area is 183 Å². The minimum Gasteiger partial charge on any atom is -0.400 e. The van der Waals surface area contributed by atoms with Crippen LogP contribution in [0.25, 0.3) is 0 Å². The smallest absolute Gasteiger partial charge is 0.0319 e. The molecule has 161 valence electrons. The van der Waals surface area contributed by atoms with Crippen molar-refractivity contribution in [3.63, 3.8) is 0 Å². The van der Waals surface area contributed by atoms with Crippen LogP contribution in [-0.4, -0.2) is 30.4 Å². The SMILES string of the molecule is CCCCC1=CC(C)=[C]([Zr]([C]2=C(C)C=C(CCCC)C2)[SiH](C)C)C1.CO.CO. The standard InChI is InChI=1S/2C10H15.C2H7Si.2CH4O.Zr/c2*1-3-4-5-10-7-6-9(2)8-10;1-3-2;2*1-2;/h2*8H,3-5,7H2,1-2H3;3H,1-2H3;2*2H,1H3;. The van der Waals surface area contributed by atoms with E-state index >= 15 is 0 Å². The van der Waals surface area contributed by atoms with Crippen molar-refractivity contribution < 1.29 is 31.1 Å². The molecule has 2 rings (SSSR count). The van der Waals surface area contributed by atoms with Gasteiger partial charge in [0.2, 0.25) is 0 Å². The van der Waals surface area contributed by atoms with Crippen LogP contribution >= 0.6 is 0 Å². The monoisotopic (exact) mass is 483 g/mol. The van der Waals surface area contributed by atoms with Gasteiger partial charge < -0.3 is 10.2 Å². The summed E-state index contributed by atoms with van der Waals surface area (Å²) in [5.41, 5.74) is 6.85. The summed E-state index contributed by atoms with van der Waals surface area (Å²) < 4.78 is 3.95. The predicted octanol–water partition coefficient (Wildman–Crippen LogP) is 6.39. The van der Waals surface area contributed by atoms with Gasteiger partial charge in [0.15, 0.2) is 0 Å². The largest absolute Gasteiger partial charge is 0.400 e. The Morgan fingerprint density at radius 1 is 0.786 bits per heavy atom. The molecule has 2 aliphatic carbocycles. The molecular formula is C24H45O2SiZr. The Morgan fingerprint density at radius 3 is 1.43 bits per heavy atom. The Balaban J connectivity index is 0.00000171. The van der Waals surface area contributed by atoms with Gasteiger partial charge in [-0.3, -0.25) is 0 Å². The Bertz CT molecular complexity index is 537. The fraction of sp³-hybridized carbons (Fsp3) is 0.667. The minimum atomic E-state index is -1.57. The van der Waals surface area contributed by atoms with E-state index in [1.807, 2.05) is 6.56 Å². The third-order valence-electron chi connectivity index (χ3n) is 5.53. The first-order chi connectivity index (χ1) is 13.5. The van der Waals surface area contributed by atoms with Crippen LogP contribution in [0.2, 0.25) is 13.1 Å².